The normalized spacial score (nSPS) is 24.8. The van der Waals surface area contributed by atoms with Gasteiger partial charge in [-0.2, -0.15) is 0 Å². The molecule has 1 spiro atoms. The largest absolute Gasteiger partial charge is 0.460 e. The lowest BCUT2D eigenvalue weighted by Crippen LogP contribution is -2.56. The minimum Gasteiger partial charge on any atom is -0.460 e. The van der Waals surface area contributed by atoms with E-state index >= 15 is 0 Å². The van der Waals surface area contributed by atoms with E-state index in [4.69, 9.17) is 4.42 Å². The number of likely N-dealkylation sites (N-methyl/N-ethyl adjacent to an activating group) is 1. The van der Waals surface area contributed by atoms with Crippen LogP contribution in [0.25, 0.3) is 11.0 Å². The minimum absolute atomic E-state index is 0.205. The third-order valence-electron chi connectivity index (χ3n) is 5.58. The molecule has 5 heteroatoms. The van der Waals surface area contributed by atoms with Crippen molar-refractivity contribution in [3.63, 3.8) is 0 Å². The fraction of sp³-hybridized carbons (Fsp3) is 0.526. The Kier molecular flexibility index (Phi) is 3.85. The van der Waals surface area contributed by atoms with Crippen molar-refractivity contribution in [3.05, 3.63) is 36.1 Å². The first-order valence-electron chi connectivity index (χ1n) is 8.69. The minimum atomic E-state index is -0.394. The number of fused-ring (bicyclic) bond motifs is 1. The molecule has 2 saturated heterocycles. The van der Waals surface area contributed by atoms with E-state index in [0.717, 1.165) is 49.2 Å². The topological polar surface area (TPSA) is 56.9 Å². The van der Waals surface area contributed by atoms with Crippen LogP contribution in [0.5, 0.6) is 0 Å². The van der Waals surface area contributed by atoms with Crippen molar-refractivity contribution in [2.45, 2.75) is 31.9 Å². The summed E-state index contributed by atoms with van der Waals surface area (Å²) in [5, 5.41) is 11.2. The number of hydrogen-bond donors (Lipinski definition) is 1. The van der Waals surface area contributed by atoms with Gasteiger partial charge in [-0.3, -0.25) is 9.69 Å². The third kappa shape index (κ3) is 2.72. The van der Waals surface area contributed by atoms with Crippen molar-refractivity contribution in [1.82, 2.24) is 9.80 Å². The monoisotopic (exact) mass is 328 g/mol. The molecule has 3 heterocycles. The van der Waals surface area contributed by atoms with Gasteiger partial charge in [0.15, 0.2) is 0 Å². The van der Waals surface area contributed by atoms with Gasteiger partial charge in [-0.05, 0) is 44.5 Å². The van der Waals surface area contributed by atoms with Crippen molar-refractivity contribution in [1.29, 1.82) is 0 Å². The molecule has 0 radical (unpaired) electrons. The highest BCUT2D eigenvalue weighted by atomic mass is 16.3. The summed E-state index contributed by atoms with van der Waals surface area (Å²) in [6, 6.07) is 10.1. The first kappa shape index (κ1) is 15.7. The van der Waals surface area contributed by atoms with Crippen molar-refractivity contribution >= 4 is 16.9 Å². The summed E-state index contributed by atoms with van der Waals surface area (Å²) in [7, 11) is 1.80. The Labute approximate surface area is 141 Å². The predicted molar refractivity (Wildman–Crippen MR) is 91.4 cm³/mol. The van der Waals surface area contributed by atoms with E-state index < -0.39 is 6.10 Å². The number of hydrogen-bond acceptors (Lipinski definition) is 4. The maximum Gasteiger partial charge on any atom is 0.228 e. The number of nitrogens with zero attached hydrogens (tertiary/aromatic N) is 2. The van der Waals surface area contributed by atoms with E-state index in [-0.39, 0.29) is 11.3 Å². The van der Waals surface area contributed by atoms with Crippen LogP contribution in [0.3, 0.4) is 0 Å². The number of rotatable bonds is 2. The molecule has 5 nitrogen and oxygen atoms in total. The zero-order valence-electron chi connectivity index (χ0n) is 14.1. The van der Waals surface area contributed by atoms with Crippen LogP contribution in [0, 0.1) is 5.41 Å². The van der Waals surface area contributed by atoms with Gasteiger partial charge in [-0.25, -0.2) is 0 Å². The van der Waals surface area contributed by atoms with Crippen LogP contribution in [-0.4, -0.2) is 53.6 Å². The highest BCUT2D eigenvalue weighted by molar-refractivity contribution is 5.83. The van der Waals surface area contributed by atoms with Gasteiger partial charge in [0, 0.05) is 19.0 Å². The van der Waals surface area contributed by atoms with Crippen LogP contribution in [0.1, 0.15) is 25.0 Å². The first-order valence-corrected chi connectivity index (χ1v) is 8.69. The second kappa shape index (κ2) is 5.90. The number of piperidine rings is 2. The first-order chi connectivity index (χ1) is 11.6. The van der Waals surface area contributed by atoms with Crippen LogP contribution < -0.4 is 0 Å². The Morgan fingerprint density at radius 3 is 2.79 bits per heavy atom. The molecule has 2 fully saturated rings. The predicted octanol–water partition coefficient (Wildman–Crippen LogP) is 2.24. The third-order valence-corrected chi connectivity index (χ3v) is 5.58. The highest BCUT2D eigenvalue weighted by Gasteiger charge is 2.47. The van der Waals surface area contributed by atoms with Crippen LogP contribution in [0.2, 0.25) is 0 Å². The molecule has 0 saturated carbocycles. The average Bonchev–Trinajstić information content (AvgIpc) is 2.97. The van der Waals surface area contributed by atoms with Gasteiger partial charge in [0.25, 0.3) is 0 Å². The lowest BCUT2D eigenvalue weighted by molar-refractivity contribution is -0.154. The summed E-state index contributed by atoms with van der Waals surface area (Å²) in [6.45, 7) is 2.97. The van der Waals surface area contributed by atoms with Gasteiger partial charge in [0.05, 0.1) is 18.1 Å². The molecule has 2 aliphatic heterocycles. The number of amides is 1. The van der Waals surface area contributed by atoms with E-state index in [0.29, 0.717) is 13.0 Å². The molecular weight excluding hydrogens is 304 g/mol. The Morgan fingerprint density at radius 1 is 1.29 bits per heavy atom. The highest BCUT2D eigenvalue weighted by Crippen LogP contribution is 2.41. The maximum absolute atomic E-state index is 12.6. The molecular formula is C19H24N2O3. The van der Waals surface area contributed by atoms with Gasteiger partial charge in [-0.15, -0.1) is 0 Å². The molecule has 1 N–H and O–H groups in total. The number of likely N-dealkylation sites (tertiary alicyclic amines) is 2. The molecule has 2 aromatic rings. The van der Waals surface area contributed by atoms with Gasteiger partial charge in [-0.1, -0.05) is 18.2 Å². The molecule has 0 aliphatic carbocycles. The van der Waals surface area contributed by atoms with Crippen LogP contribution in [-0.2, 0) is 11.3 Å². The van der Waals surface area contributed by atoms with Gasteiger partial charge >= 0.3 is 0 Å². The summed E-state index contributed by atoms with van der Waals surface area (Å²) in [5.41, 5.74) is 0.560. The van der Waals surface area contributed by atoms with Gasteiger partial charge < -0.3 is 14.4 Å². The van der Waals surface area contributed by atoms with E-state index in [1.807, 2.05) is 18.2 Å². The van der Waals surface area contributed by atoms with E-state index in [1.54, 1.807) is 11.9 Å². The zero-order valence-corrected chi connectivity index (χ0v) is 14.1. The summed E-state index contributed by atoms with van der Waals surface area (Å²) in [5.74, 6) is 1.18. The van der Waals surface area contributed by atoms with Gasteiger partial charge in [0.2, 0.25) is 5.91 Å². The van der Waals surface area contributed by atoms with Crippen LogP contribution in [0.15, 0.2) is 34.7 Å². The molecule has 0 bridgehead atoms. The fourth-order valence-corrected chi connectivity index (χ4v) is 4.30. The zero-order chi connectivity index (χ0) is 16.7. The number of furan rings is 1. The Balaban J connectivity index is 1.43. The molecule has 1 atom stereocenters. The Morgan fingerprint density at radius 2 is 2.04 bits per heavy atom. The fourth-order valence-electron chi connectivity index (χ4n) is 4.30. The molecule has 1 aromatic carbocycles. The lowest BCUT2D eigenvalue weighted by Gasteiger charge is -2.46. The Hall–Kier alpha value is -1.85. The van der Waals surface area contributed by atoms with E-state index in [9.17, 15) is 9.90 Å². The quantitative estimate of drug-likeness (QED) is 0.918. The van der Waals surface area contributed by atoms with E-state index in [2.05, 4.69) is 17.0 Å². The summed E-state index contributed by atoms with van der Waals surface area (Å²) >= 11 is 0. The van der Waals surface area contributed by atoms with Gasteiger partial charge in [0.1, 0.15) is 11.3 Å². The number of β-amino-alcohol motifs (C(OH)–C–C–N with tert-alkyl or cyclic N) is 1. The van der Waals surface area contributed by atoms with Crippen molar-refractivity contribution in [2.24, 2.45) is 5.41 Å². The summed E-state index contributed by atoms with van der Waals surface area (Å²) in [6.07, 6.45) is 1.84. The molecule has 24 heavy (non-hydrogen) atoms. The second-order valence-corrected chi connectivity index (χ2v) is 7.35. The number of benzene rings is 1. The van der Waals surface area contributed by atoms with Crippen LogP contribution >= 0.6 is 0 Å². The van der Waals surface area contributed by atoms with Crippen LogP contribution in [0.4, 0.5) is 0 Å². The summed E-state index contributed by atoms with van der Waals surface area (Å²) in [4.78, 5) is 16.6. The van der Waals surface area contributed by atoms with Crippen molar-refractivity contribution in [3.8, 4) is 0 Å². The summed E-state index contributed by atoms with van der Waals surface area (Å²) < 4.78 is 5.91. The number of aliphatic hydroxyl groups excluding tert-OH is 1. The second-order valence-electron chi connectivity index (χ2n) is 7.35. The lowest BCUT2D eigenvalue weighted by atomic mass is 9.71. The maximum atomic E-state index is 12.6. The van der Waals surface area contributed by atoms with Crippen molar-refractivity contribution in [2.75, 3.05) is 26.7 Å². The number of para-hydroxylation sites is 1. The molecule has 128 valence electrons. The van der Waals surface area contributed by atoms with Crippen molar-refractivity contribution < 1.29 is 14.3 Å². The standard InChI is InChI=1S/C19H24N2O3/c1-20-12-15(22)11-19(18(20)23)6-8-21(9-7-19)13-16-10-14-4-2-3-5-17(14)24-16/h2-5,10,15,22H,6-9,11-13H2,1H3. The molecule has 1 unspecified atom stereocenters. The molecule has 4 rings (SSSR count). The number of aliphatic hydroxyl groups is 1. The number of carbonyl (C=O) groups is 1. The van der Waals surface area contributed by atoms with E-state index in [1.165, 1.54) is 0 Å². The molecule has 1 amide bonds. The molecule has 1 aromatic heterocycles. The SMILES string of the molecule is CN1CC(O)CC2(CCN(Cc3cc4ccccc4o3)CC2)C1=O. The number of carbonyl (C=O) groups excluding carboxylic acids is 1. The Bertz CT molecular complexity index is 713. The molecule has 2 aliphatic rings. The average molecular weight is 328 g/mol. The smallest absolute Gasteiger partial charge is 0.228 e.